The first-order valence-electron chi connectivity index (χ1n) is 2.40. The smallest absolute Gasteiger partial charge is 0 e. The average molecular weight is 187 g/mol. The van der Waals surface area contributed by atoms with Gasteiger partial charge in [-0.1, -0.05) is 12.2 Å². The van der Waals surface area contributed by atoms with Gasteiger partial charge in [0.15, 0.2) is 0 Å². The third-order valence-electron chi connectivity index (χ3n) is 0.653. The minimum absolute atomic E-state index is 0. The van der Waals surface area contributed by atoms with E-state index in [1.807, 2.05) is 24.9 Å². The molecule has 1 nitrogen and oxygen atoms in total. The second-order valence-electron chi connectivity index (χ2n) is 1.61. The molecule has 0 spiro atoms. The molecule has 0 saturated heterocycles. The Morgan fingerprint density at radius 1 is 1.62 bits per heavy atom. The summed E-state index contributed by atoms with van der Waals surface area (Å²) in [5, 5.41) is 0. The summed E-state index contributed by atoms with van der Waals surface area (Å²) in [6, 6.07) is 0. The molecule has 0 aliphatic heterocycles. The quantitative estimate of drug-likeness (QED) is 0.465. The Bertz CT molecular complexity index is 59.5. The fourth-order valence-electron chi connectivity index (χ4n) is 0.285. The van der Waals surface area contributed by atoms with E-state index in [4.69, 9.17) is 0 Å². The Labute approximate surface area is 77.0 Å². The van der Waals surface area contributed by atoms with Gasteiger partial charge in [-0.05, 0) is 20.5 Å². The molecule has 0 amide bonds. The molecule has 45 valence electrons. The summed E-state index contributed by atoms with van der Waals surface area (Å²) >= 11 is 0. The van der Waals surface area contributed by atoms with Crippen molar-refractivity contribution >= 4 is 0 Å². The van der Waals surface area contributed by atoms with Crippen LogP contribution in [-0.2, 0) is 32.7 Å². The van der Waals surface area contributed by atoms with Crippen LogP contribution in [-0.4, -0.2) is 18.5 Å². The van der Waals surface area contributed by atoms with Crippen LogP contribution in [0.5, 0.6) is 0 Å². The molecule has 0 N–H and O–H groups in total. The monoisotopic (exact) mass is 187 g/mol. The number of allylic oxidation sites excluding steroid dienone is 1. The van der Waals surface area contributed by atoms with Gasteiger partial charge in [-0.3, -0.25) is 7.05 Å². The zero-order valence-corrected chi connectivity index (χ0v) is 8.43. The molecule has 0 atom stereocenters. The molecule has 0 bridgehead atoms. The first-order valence-corrected chi connectivity index (χ1v) is 2.40. The Morgan fingerprint density at radius 3 is 2.25 bits per heavy atom. The van der Waals surface area contributed by atoms with Crippen LogP contribution in [0.1, 0.15) is 6.92 Å². The van der Waals surface area contributed by atoms with Crippen LogP contribution < -0.4 is 0 Å². The molecule has 0 aliphatic rings. The van der Waals surface area contributed by atoms with Crippen molar-refractivity contribution in [3.05, 3.63) is 19.2 Å². The van der Waals surface area contributed by atoms with Crippen molar-refractivity contribution in [2.45, 2.75) is 6.92 Å². The van der Waals surface area contributed by atoms with E-state index in [1.54, 1.807) is 0 Å². The zero-order valence-electron chi connectivity index (χ0n) is 5.59. The van der Waals surface area contributed by atoms with Gasteiger partial charge in [0.05, 0.1) is 0 Å². The Kier molecular flexibility index (Phi) is 11.3. The van der Waals surface area contributed by atoms with Crippen LogP contribution in [0.15, 0.2) is 12.2 Å². The SMILES string of the molecule is [CH2-]N(C)CC=CC.[Y]. The predicted molar refractivity (Wildman–Crippen MR) is 32.8 cm³/mol. The maximum absolute atomic E-state index is 3.66. The van der Waals surface area contributed by atoms with Crippen LogP contribution in [0.25, 0.3) is 0 Å². The number of nitrogens with zero attached hydrogens (tertiary/aromatic N) is 1. The van der Waals surface area contributed by atoms with Crippen molar-refractivity contribution in [3.8, 4) is 0 Å². The van der Waals surface area contributed by atoms with Crippen molar-refractivity contribution in [3.63, 3.8) is 0 Å². The zero-order chi connectivity index (χ0) is 5.70. The van der Waals surface area contributed by atoms with Crippen molar-refractivity contribution in [1.82, 2.24) is 4.90 Å². The van der Waals surface area contributed by atoms with E-state index in [0.29, 0.717) is 0 Å². The number of rotatable bonds is 2. The third kappa shape index (κ3) is 9.93. The molecule has 1 radical (unpaired) electrons. The Morgan fingerprint density at radius 2 is 2.12 bits per heavy atom. The summed E-state index contributed by atoms with van der Waals surface area (Å²) in [6.07, 6.45) is 4.08. The van der Waals surface area contributed by atoms with Crippen molar-refractivity contribution in [1.29, 1.82) is 0 Å². The fraction of sp³-hybridized carbons (Fsp3) is 0.500. The number of hydrogen-bond donors (Lipinski definition) is 0. The van der Waals surface area contributed by atoms with Crippen molar-refractivity contribution in [2.75, 3.05) is 13.6 Å². The van der Waals surface area contributed by atoms with Gasteiger partial charge in [-0.15, -0.1) is 0 Å². The second kappa shape index (κ2) is 7.80. The molecule has 0 unspecified atom stereocenters. The van der Waals surface area contributed by atoms with Gasteiger partial charge in [0.2, 0.25) is 0 Å². The summed E-state index contributed by atoms with van der Waals surface area (Å²) in [7, 11) is 5.60. The van der Waals surface area contributed by atoms with Crippen LogP contribution in [0, 0.1) is 7.05 Å². The predicted octanol–water partition coefficient (Wildman–Crippen LogP) is 1.28. The molecule has 0 aromatic heterocycles. The van der Waals surface area contributed by atoms with E-state index < -0.39 is 0 Å². The van der Waals surface area contributed by atoms with Gasteiger partial charge < -0.3 is 4.90 Å². The molecular formula is C6H12NY-. The molecule has 8 heavy (non-hydrogen) atoms. The van der Waals surface area contributed by atoms with Crippen LogP contribution >= 0.6 is 0 Å². The normalized spacial score (nSPS) is 10.0. The summed E-state index contributed by atoms with van der Waals surface area (Å²) in [5.41, 5.74) is 0. The maximum atomic E-state index is 3.66. The summed E-state index contributed by atoms with van der Waals surface area (Å²) in [5.74, 6) is 0. The van der Waals surface area contributed by atoms with Crippen LogP contribution in [0.2, 0.25) is 0 Å². The largest absolute Gasteiger partial charge is 0.459 e. The first kappa shape index (κ1) is 11.6. The third-order valence-corrected chi connectivity index (χ3v) is 0.653. The van der Waals surface area contributed by atoms with Crippen LogP contribution in [0.4, 0.5) is 0 Å². The van der Waals surface area contributed by atoms with E-state index in [-0.39, 0.29) is 32.7 Å². The first-order chi connectivity index (χ1) is 3.27. The topological polar surface area (TPSA) is 3.24 Å². The van der Waals surface area contributed by atoms with Gasteiger partial charge in [0, 0.05) is 32.7 Å². The van der Waals surface area contributed by atoms with E-state index >= 15 is 0 Å². The Hall–Kier alpha value is 0.804. The number of hydrogen-bond acceptors (Lipinski definition) is 1. The summed E-state index contributed by atoms with van der Waals surface area (Å²) in [6.45, 7) is 2.94. The molecule has 2 heteroatoms. The molecule has 0 saturated carbocycles. The van der Waals surface area contributed by atoms with Gasteiger partial charge in [-0.25, -0.2) is 0 Å². The van der Waals surface area contributed by atoms with Gasteiger partial charge in [-0.2, -0.15) is 0 Å². The standard InChI is InChI=1S/C6H12N.Y/c1-4-5-6-7(2)3;/h4-5H,2,6H2,1,3H3;/q-1;. The van der Waals surface area contributed by atoms with Gasteiger partial charge in [0.25, 0.3) is 0 Å². The molecule has 0 aliphatic carbocycles. The minimum atomic E-state index is 0. The average Bonchev–Trinajstić information content (AvgIpc) is 1.61. The van der Waals surface area contributed by atoms with E-state index in [1.165, 1.54) is 0 Å². The Balaban J connectivity index is 0. The molecule has 0 fully saturated rings. The summed E-state index contributed by atoms with van der Waals surface area (Å²) in [4.78, 5) is 1.88. The second-order valence-corrected chi connectivity index (χ2v) is 1.61. The van der Waals surface area contributed by atoms with Gasteiger partial charge in [0.1, 0.15) is 0 Å². The fourth-order valence-corrected chi connectivity index (χ4v) is 0.285. The molecule has 0 heterocycles. The molecule has 0 rings (SSSR count). The summed E-state index contributed by atoms with van der Waals surface area (Å²) < 4.78 is 0. The molecule has 0 aromatic carbocycles. The minimum Gasteiger partial charge on any atom is -0.459 e. The van der Waals surface area contributed by atoms with Crippen molar-refractivity contribution < 1.29 is 32.7 Å². The van der Waals surface area contributed by atoms with Crippen molar-refractivity contribution in [2.24, 2.45) is 0 Å². The maximum Gasteiger partial charge on any atom is 0 e. The van der Waals surface area contributed by atoms with E-state index in [2.05, 4.69) is 13.1 Å². The molecule has 0 aromatic rings. The van der Waals surface area contributed by atoms with Gasteiger partial charge >= 0.3 is 0 Å². The number of likely N-dealkylation sites (N-methyl/N-ethyl adjacent to an activating group) is 1. The molecular weight excluding hydrogens is 175 g/mol. The van der Waals surface area contributed by atoms with E-state index in [0.717, 1.165) is 6.54 Å². The van der Waals surface area contributed by atoms with E-state index in [9.17, 15) is 0 Å². The van der Waals surface area contributed by atoms with Crippen LogP contribution in [0.3, 0.4) is 0 Å².